The average molecular weight is 220 g/mol. The van der Waals surface area contributed by atoms with Gasteiger partial charge in [0.05, 0.1) is 0 Å². The fourth-order valence-corrected chi connectivity index (χ4v) is 2.12. The van der Waals surface area contributed by atoms with Crippen molar-refractivity contribution in [2.75, 3.05) is 11.4 Å². The second kappa shape index (κ2) is 5.90. The number of anilines is 1. The van der Waals surface area contributed by atoms with Crippen LogP contribution in [-0.4, -0.2) is 18.6 Å². The van der Waals surface area contributed by atoms with Gasteiger partial charge in [-0.15, -0.1) is 0 Å². The minimum Gasteiger partial charge on any atom is -0.369 e. The van der Waals surface area contributed by atoms with E-state index in [0.29, 0.717) is 6.04 Å². The quantitative estimate of drug-likeness (QED) is 0.826. The summed E-state index contributed by atoms with van der Waals surface area (Å²) in [4.78, 5) is 2.41. The van der Waals surface area contributed by atoms with Crippen molar-refractivity contribution in [3.8, 4) is 0 Å². The molecule has 1 aromatic rings. The predicted molar refractivity (Wildman–Crippen MR) is 72.0 cm³/mol. The van der Waals surface area contributed by atoms with Crippen LogP contribution in [0.5, 0.6) is 0 Å². The van der Waals surface area contributed by atoms with Crippen molar-refractivity contribution in [2.45, 2.75) is 46.2 Å². The molecule has 2 nitrogen and oxygen atoms in total. The summed E-state index contributed by atoms with van der Waals surface area (Å²) in [6.07, 6.45) is 0.944. The summed E-state index contributed by atoms with van der Waals surface area (Å²) in [7, 11) is 0. The van der Waals surface area contributed by atoms with Crippen LogP contribution in [0.2, 0.25) is 0 Å². The first-order valence-corrected chi connectivity index (χ1v) is 6.16. The van der Waals surface area contributed by atoms with Crippen LogP contribution in [-0.2, 0) is 6.42 Å². The summed E-state index contributed by atoms with van der Waals surface area (Å²) in [5, 5.41) is 0. The van der Waals surface area contributed by atoms with E-state index < -0.39 is 0 Å². The Morgan fingerprint density at radius 3 is 2.31 bits per heavy atom. The Morgan fingerprint density at radius 2 is 1.81 bits per heavy atom. The molecule has 2 N–H and O–H groups in total. The Kier molecular flexibility index (Phi) is 4.81. The molecule has 0 aliphatic heterocycles. The maximum Gasteiger partial charge on any atom is 0.0401 e. The number of hydrogen-bond acceptors (Lipinski definition) is 2. The SMILES string of the molecule is CCN(c1ccccc1CC(C)N)C(C)C. The highest BCUT2D eigenvalue weighted by Gasteiger charge is 2.12. The van der Waals surface area contributed by atoms with Crippen LogP contribution in [0.15, 0.2) is 24.3 Å². The van der Waals surface area contributed by atoms with Crippen LogP contribution < -0.4 is 10.6 Å². The van der Waals surface area contributed by atoms with Crippen LogP contribution in [0.4, 0.5) is 5.69 Å². The van der Waals surface area contributed by atoms with Gasteiger partial charge in [-0.25, -0.2) is 0 Å². The molecular formula is C14H24N2. The second-order valence-electron chi connectivity index (χ2n) is 4.69. The van der Waals surface area contributed by atoms with Gasteiger partial charge in [0.2, 0.25) is 0 Å². The average Bonchev–Trinajstić information content (AvgIpc) is 2.20. The number of hydrogen-bond donors (Lipinski definition) is 1. The lowest BCUT2D eigenvalue weighted by atomic mass is 10.0. The van der Waals surface area contributed by atoms with Gasteiger partial charge in [0.15, 0.2) is 0 Å². The van der Waals surface area contributed by atoms with Crippen LogP contribution in [0.25, 0.3) is 0 Å². The van der Waals surface area contributed by atoms with Gasteiger partial charge in [-0.3, -0.25) is 0 Å². The van der Waals surface area contributed by atoms with Gasteiger partial charge in [-0.05, 0) is 45.7 Å². The van der Waals surface area contributed by atoms with Gasteiger partial charge in [-0.2, -0.15) is 0 Å². The maximum atomic E-state index is 5.89. The zero-order valence-corrected chi connectivity index (χ0v) is 10.9. The van der Waals surface area contributed by atoms with Gasteiger partial charge < -0.3 is 10.6 Å². The number of rotatable bonds is 5. The fraction of sp³-hybridized carbons (Fsp3) is 0.571. The third kappa shape index (κ3) is 3.24. The van der Waals surface area contributed by atoms with Crippen LogP contribution in [0, 0.1) is 0 Å². The van der Waals surface area contributed by atoms with Gasteiger partial charge in [0, 0.05) is 24.3 Å². The zero-order chi connectivity index (χ0) is 12.1. The van der Waals surface area contributed by atoms with Gasteiger partial charge >= 0.3 is 0 Å². The summed E-state index contributed by atoms with van der Waals surface area (Å²) < 4.78 is 0. The van der Waals surface area contributed by atoms with Crippen molar-refractivity contribution in [3.63, 3.8) is 0 Å². The summed E-state index contributed by atoms with van der Waals surface area (Å²) in [6.45, 7) is 9.75. The van der Waals surface area contributed by atoms with E-state index in [1.54, 1.807) is 0 Å². The third-order valence-corrected chi connectivity index (χ3v) is 2.81. The Hall–Kier alpha value is -1.02. The molecule has 0 aliphatic carbocycles. The van der Waals surface area contributed by atoms with E-state index in [0.717, 1.165) is 13.0 Å². The molecule has 0 aliphatic rings. The van der Waals surface area contributed by atoms with Crippen molar-refractivity contribution in [3.05, 3.63) is 29.8 Å². The van der Waals surface area contributed by atoms with Crippen LogP contribution in [0.1, 0.15) is 33.3 Å². The first-order valence-electron chi connectivity index (χ1n) is 6.16. The Bertz CT molecular complexity index is 318. The molecule has 0 bridgehead atoms. The molecule has 90 valence electrons. The summed E-state index contributed by atoms with van der Waals surface area (Å²) >= 11 is 0. The highest BCUT2D eigenvalue weighted by Crippen LogP contribution is 2.23. The van der Waals surface area contributed by atoms with E-state index in [1.165, 1.54) is 11.3 Å². The van der Waals surface area contributed by atoms with E-state index in [4.69, 9.17) is 5.73 Å². The normalized spacial score (nSPS) is 12.9. The maximum absolute atomic E-state index is 5.89. The minimum absolute atomic E-state index is 0.215. The third-order valence-electron chi connectivity index (χ3n) is 2.81. The first-order chi connectivity index (χ1) is 7.56. The summed E-state index contributed by atoms with van der Waals surface area (Å²) in [5.41, 5.74) is 8.58. The molecule has 0 aromatic heterocycles. The molecule has 0 fully saturated rings. The van der Waals surface area contributed by atoms with Crippen LogP contribution >= 0.6 is 0 Å². The Labute approximate surface area is 99.5 Å². The highest BCUT2D eigenvalue weighted by molar-refractivity contribution is 5.54. The molecule has 1 unspecified atom stereocenters. The van der Waals surface area contributed by atoms with Crippen molar-refractivity contribution >= 4 is 5.69 Å². The molecule has 0 amide bonds. The van der Waals surface area contributed by atoms with Crippen molar-refractivity contribution in [1.29, 1.82) is 0 Å². The smallest absolute Gasteiger partial charge is 0.0401 e. The van der Waals surface area contributed by atoms with Gasteiger partial charge in [0.25, 0.3) is 0 Å². The highest BCUT2D eigenvalue weighted by atomic mass is 15.1. The first kappa shape index (κ1) is 13.0. The molecule has 0 heterocycles. The van der Waals surface area contributed by atoms with Crippen LogP contribution in [0.3, 0.4) is 0 Å². The molecule has 0 radical (unpaired) electrons. The summed E-state index contributed by atoms with van der Waals surface area (Å²) in [6, 6.07) is 9.32. The van der Waals surface area contributed by atoms with Crippen molar-refractivity contribution in [1.82, 2.24) is 0 Å². The summed E-state index contributed by atoms with van der Waals surface area (Å²) in [5.74, 6) is 0. The van der Waals surface area contributed by atoms with Crippen molar-refractivity contribution in [2.24, 2.45) is 5.73 Å². The molecule has 0 saturated carbocycles. The van der Waals surface area contributed by atoms with E-state index >= 15 is 0 Å². The lowest BCUT2D eigenvalue weighted by Gasteiger charge is -2.30. The molecule has 2 heteroatoms. The molecule has 16 heavy (non-hydrogen) atoms. The Balaban J connectivity index is 3.01. The van der Waals surface area contributed by atoms with E-state index in [1.807, 2.05) is 0 Å². The lowest BCUT2D eigenvalue weighted by Crippen LogP contribution is -2.32. The number of benzene rings is 1. The number of para-hydroxylation sites is 1. The predicted octanol–water partition coefficient (Wildman–Crippen LogP) is 2.81. The molecule has 0 spiro atoms. The molecule has 1 atom stereocenters. The number of nitrogens with zero attached hydrogens (tertiary/aromatic N) is 1. The molecular weight excluding hydrogens is 196 g/mol. The minimum atomic E-state index is 0.215. The van der Waals surface area contributed by atoms with Crippen molar-refractivity contribution < 1.29 is 0 Å². The molecule has 1 aromatic carbocycles. The standard InChI is InChI=1S/C14H24N2/c1-5-16(11(2)3)14-9-7-6-8-13(14)10-12(4)15/h6-9,11-12H,5,10,15H2,1-4H3. The van der Waals surface area contributed by atoms with E-state index in [-0.39, 0.29) is 6.04 Å². The number of nitrogens with two attached hydrogens (primary N) is 1. The van der Waals surface area contributed by atoms with E-state index in [9.17, 15) is 0 Å². The van der Waals surface area contributed by atoms with Gasteiger partial charge in [0.1, 0.15) is 0 Å². The van der Waals surface area contributed by atoms with Gasteiger partial charge in [-0.1, -0.05) is 18.2 Å². The molecule has 1 rings (SSSR count). The largest absolute Gasteiger partial charge is 0.369 e. The second-order valence-corrected chi connectivity index (χ2v) is 4.69. The Morgan fingerprint density at radius 1 is 1.19 bits per heavy atom. The zero-order valence-electron chi connectivity index (χ0n) is 10.9. The lowest BCUT2D eigenvalue weighted by molar-refractivity contribution is 0.687. The van der Waals surface area contributed by atoms with E-state index in [2.05, 4.69) is 56.9 Å². The fourth-order valence-electron chi connectivity index (χ4n) is 2.12. The monoisotopic (exact) mass is 220 g/mol. The molecule has 0 saturated heterocycles. The topological polar surface area (TPSA) is 29.3 Å².